The summed E-state index contributed by atoms with van der Waals surface area (Å²) in [4.78, 5) is 16.8. The molecule has 1 fully saturated rings. The van der Waals surface area contributed by atoms with Crippen molar-refractivity contribution in [3.8, 4) is 5.75 Å². The molecule has 1 aliphatic rings. The van der Waals surface area contributed by atoms with Gasteiger partial charge in [-0.05, 0) is 48.7 Å². The molecule has 4 aromatic rings. The van der Waals surface area contributed by atoms with E-state index in [2.05, 4.69) is 10.3 Å². The van der Waals surface area contributed by atoms with Crippen molar-refractivity contribution < 1.29 is 35.5 Å². The summed E-state index contributed by atoms with van der Waals surface area (Å²) in [6.45, 7) is 0.299. The zero-order valence-corrected chi connectivity index (χ0v) is 21.3. The van der Waals surface area contributed by atoms with Gasteiger partial charge in [-0.15, -0.1) is 0 Å². The van der Waals surface area contributed by atoms with Crippen molar-refractivity contribution in [2.24, 2.45) is 0 Å². The van der Waals surface area contributed by atoms with Gasteiger partial charge in [0.2, 0.25) is 11.0 Å². The lowest BCUT2D eigenvalue weighted by Crippen LogP contribution is -2.45. The Morgan fingerprint density at radius 2 is 1.92 bits per heavy atom. The van der Waals surface area contributed by atoms with Crippen LogP contribution in [-0.2, 0) is 34.1 Å². The minimum atomic E-state index is -4.46. The number of nitrogens with one attached hydrogen (secondary N) is 1. The summed E-state index contributed by atoms with van der Waals surface area (Å²) >= 11 is 0. The van der Waals surface area contributed by atoms with E-state index in [0.29, 0.717) is 40.8 Å². The van der Waals surface area contributed by atoms with Crippen LogP contribution in [0.3, 0.4) is 0 Å². The van der Waals surface area contributed by atoms with E-state index < -0.39 is 33.7 Å². The number of amides is 1. The lowest BCUT2D eigenvalue weighted by Gasteiger charge is -2.22. The third kappa shape index (κ3) is 5.91. The highest BCUT2D eigenvalue weighted by Crippen LogP contribution is 2.31. The zero-order chi connectivity index (χ0) is 27.6. The van der Waals surface area contributed by atoms with Gasteiger partial charge in [0.25, 0.3) is 10.0 Å². The summed E-state index contributed by atoms with van der Waals surface area (Å²) in [5, 5.41) is 3.25. The number of nitrogens with zero attached hydrogens (tertiary/aromatic N) is 2. The Kier molecular flexibility index (Phi) is 7.32. The fourth-order valence-corrected chi connectivity index (χ4v) is 5.98. The van der Waals surface area contributed by atoms with Gasteiger partial charge in [-0.2, -0.15) is 17.5 Å². The molecular formula is C27H24F3N3O5S. The second-order valence-electron chi connectivity index (χ2n) is 9.07. The Balaban J connectivity index is 1.20. The van der Waals surface area contributed by atoms with E-state index in [0.717, 1.165) is 12.3 Å². The standard InChI is InChI=1S/C27H24F3N3O5S/c28-27(29,30)20-10-11-21(31-16-20)17-37-22-7-3-5-18(13-22)15-32-26(34)23-8-4-12-33(23)39(35,36)25-14-19-6-1-2-9-24(19)38-25/h1-3,5-7,9-11,13-14,16,23H,4,8,12,15,17H2,(H,32,34)/t23-/m0/s1. The van der Waals surface area contributed by atoms with Gasteiger partial charge in [-0.1, -0.05) is 30.3 Å². The van der Waals surface area contributed by atoms with Crippen LogP contribution >= 0.6 is 0 Å². The maximum atomic E-state index is 13.3. The van der Waals surface area contributed by atoms with E-state index >= 15 is 0 Å². The molecule has 5 rings (SSSR count). The second kappa shape index (κ2) is 10.7. The molecule has 0 unspecified atom stereocenters. The number of ether oxygens (including phenoxy) is 1. The molecule has 0 spiro atoms. The number of furan rings is 1. The predicted molar refractivity (Wildman–Crippen MR) is 135 cm³/mol. The molecule has 8 nitrogen and oxygen atoms in total. The van der Waals surface area contributed by atoms with E-state index in [1.54, 1.807) is 48.5 Å². The maximum Gasteiger partial charge on any atom is 0.417 e. The molecule has 2 aromatic heterocycles. The molecule has 1 amide bonds. The third-order valence-corrected chi connectivity index (χ3v) is 8.14. The lowest BCUT2D eigenvalue weighted by molar-refractivity contribution is -0.137. The molecule has 0 saturated carbocycles. The van der Waals surface area contributed by atoms with Crippen LogP contribution in [0.15, 0.2) is 82.4 Å². The second-order valence-corrected chi connectivity index (χ2v) is 10.9. The molecule has 204 valence electrons. The molecule has 1 aliphatic heterocycles. The molecule has 12 heteroatoms. The zero-order valence-electron chi connectivity index (χ0n) is 20.5. The SMILES string of the molecule is O=C(NCc1cccc(OCc2ccc(C(F)(F)F)cn2)c1)[C@@H]1CCCN1S(=O)(=O)c1cc2ccccc2o1. The highest BCUT2D eigenvalue weighted by atomic mass is 32.2. The Labute approximate surface area is 222 Å². The van der Waals surface area contributed by atoms with Crippen LogP contribution in [0.5, 0.6) is 5.75 Å². The third-order valence-electron chi connectivity index (χ3n) is 6.38. The van der Waals surface area contributed by atoms with Crippen molar-refractivity contribution in [1.29, 1.82) is 0 Å². The van der Waals surface area contributed by atoms with Crippen LogP contribution in [0.4, 0.5) is 13.2 Å². The first-order chi connectivity index (χ1) is 18.6. The lowest BCUT2D eigenvalue weighted by atomic mass is 10.2. The van der Waals surface area contributed by atoms with Crippen LogP contribution in [0.1, 0.15) is 29.7 Å². The fraction of sp³-hybridized carbons (Fsp3) is 0.259. The Bertz CT molecular complexity index is 1550. The number of aromatic nitrogens is 1. The van der Waals surface area contributed by atoms with E-state index in [1.165, 1.54) is 16.4 Å². The van der Waals surface area contributed by atoms with E-state index in [9.17, 15) is 26.4 Å². The van der Waals surface area contributed by atoms with Gasteiger partial charge in [0.05, 0.1) is 11.3 Å². The van der Waals surface area contributed by atoms with Crippen LogP contribution in [0.2, 0.25) is 0 Å². The molecule has 1 saturated heterocycles. The monoisotopic (exact) mass is 559 g/mol. The first-order valence-corrected chi connectivity index (χ1v) is 13.6. The number of rotatable bonds is 8. The molecule has 0 bridgehead atoms. The molecule has 39 heavy (non-hydrogen) atoms. The van der Waals surface area contributed by atoms with Gasteiger partial charge < -0.3 is 14.5 Å². The minimum Gasteiger partial charge on any atom is -0.487 e. The molecule has 1 atom stereocenters. The summed E-state index contributed by atoms with van der Waals surface area (Å²) in [6, 6.07) is 16.6. The topological polar surface area (TPSA) is 102 Å². The average molecular weight is 560 g/mol. The summed E-state index contributed by atoms with van der Waals surface area (Å²) in [5.74, 6) is 0.0193. The number of hydrogen-bond donors (Lipinski definition) is 1. The average Bonchev–Trinajstić information content (AvgIpc) is 3.59. The summed E-state index contributed by atoms with van der Waals surface area (Å²) in [6.07, 6.45) is -2.78. The molecule has 0 radical (unpaired) electrons. The molecular weight excluding hydrogens is 535 g/mol. The number of alkyl halides is 3. The molecule has 1 N–H and O–H groups in total. The van der Waals surface area contributed by atoms with Crippen molar-refractivity contribution >= 4 is 26.9 Å². The number of hydrogen-bond acceptors (Lipinski definition) is 6. The summed E-state index contributed by atoms with van der Waals surface area (Å²) in [5.41, 5.74) is 0.641. The Morgan fingerprint density at radius 3 is 2.67 bits per heavy atom. The van der Waals surface area contributed by atoms with Crippen molar-refractivity contribution in [2.75, 3.05) is 6.54 Å². The molecule has 0 aliphatic carbocycles. The van der Waals surface area contributed by atoms with E-state index in [4.69, 9.17) is 9.15 Å². The minimum absolute atomic E-state index is 0.0371. The van der Waals surface area contributed by atoms with Crippen LogP contribution in [0.25, 0.3) is 11.0 Å². The smallest absolute Gasteiger partial charge is 0.417 e. The predicted octanol–water partition coefficient (Wildman–Crippen LogP) is 4.90. The van der Waals surface area contributed by atoms with Gasteiger partial charge in [0.15, 0.2) is 0 Å². The highest BCUT2D eigenvalue weighted by molar-refractivity contribution is 7.89. The fourth-order valence-electron chi connectivity index (χ4n) is 4.38. The van der Waals surface area contributed by atoms with Gasteiger partial charge in [-0.3, -0.25) is 9.78 Å². The van der Waals surface area contributed by atoms with Gasteiger partial charge in [-0.25, -0.2) is 8.42 Å². The Hall–Kier alpha value is -3.90. The van der Waals surface area contributed by atoms with Crippen molar-refractivity contribution in [3.05, 3.63) is 89.7 Å². The van der Waals surface area contributed by atoms with Crippen LogP contribution in [0, 0.1) is 0 Å². The van der Waals surface area contributed by atoms with Crippen LogP contribution < -0.4 is 10.1 Å². The number of carbonyl (C=O) groups is 1. The highest BCUT2D eigenvalue weighted by Gasteiger charge is 2.41. The number of carbonyl (C=O) groups excluding carboxylic acids is 1. The van der Waals surface area contributed by atoms with Gasteiger partial charge in [0, 0.05) is 30.7 Å². The number of halogens is 3. The number of benzene rings is 2. The van der Waals surface area contributed by atoms with Crippen molar-refractivity contribution in [1.82, 2.24) is 14.6 Å². The Morgan fingerprint density at radius 1 is 1.10 bits per heavy atom. The van der Waals surface area contributed by atoms with Gasteiger partial charge >= 0.3 is 6.18 Å². The number of pyridine rings is 1. The first kappa shape index (κ1) is 26.7. The molecule has 2 aromatic carbocycles. The number of sulfonamides is 1. The summed E-state index contributed by atoms with van der Waals surface area (Å²) < 4.78 is 77.0. The largest absolute Gasteiger partial charge is 0.487 e. The van der Waals surface area contributed by atoms with Gasteiger partial charge in [0.1, 0.15) is 24.0 Å². The van der Waals surface area contributed by atoms with E-state index in [1.807, 2.05) is 0 Å². The molecule has 3 heterocycles. The number of para-hydroxylation sites is 1. The normalized spacial score (nSPS) is 16.4. The summed E-state index contributed by atoms with van der Waals surface area (Å²) in [7, 11) is -4.01. The maximum absolute atomic E-state index is 13.3. The first-order valence-electron chi connectivity index (χ1n) is 12.1. The van der Waals surface area contributed by atoms with E-state index in [-0.39, 0.29) is 24.8 Å². The van der Waals surface area contributed by atoms with Crippen molar-refractivity contribution in [2.45, 2.75) is 43.3 Å². The number of fused-ring (bicyclic) bond motifs is 1. The quantitative estimate of drug-likeness (QED) is 0.330. The van der Waals surface area contributed by atoms with Crippen LogP contribution in [-0.4, -0.2) is 36.2 Å². The van der Waals surface area contributed by atoms with Crippen molar-refractivity contribution in [3.63, 3.8) is 0 Å².